The first-order chi connectivity index (χ1) is 6.81. The second-order valence-electron chi connectivity index (χ2n) is 3.34. The molecule has 0 aliphatic carbocycles. The molecule has 1 heterocycles. The summed E-state index contributed by atoms with van der Waals surface area (Å²) in [5, 5.41) is 8.92. The molecule has 0 aromatic carbocycles. The van der Waals surface area contributed by atoms with E-state index in [0.29, 0.717) is 13.2 Å². The highest BCUT2D eigenvalue weighted by Gasteiger charge is 2.32. The van der Waals surface area contributed by atoms with Crippen LogP contribution in [0, 0.1) is 0 Å². The van der Waals surface area contributed by atoms with Gasteiger partial charge in [-0.15, -0.1) is 0 Å². The smallest absolute Gasteiger partial charge is 0.183 e. The minimum Gasteiger partial charge on any atom is -0.394 e. The van der Waals surface area contributed by atoms with Crippen molar-refractivity contribution < 1.29 is 19.3 Å². The third kappa shape index (κ3) is 3.20. The maximum atomic E-state index is 8.92. The Hall–Kier alpha value is -0.160. The zero-order valence-electron chi connectivity index (χ0n) is 8.94. The molecule has 1 fully saturated rings. The molecular formula is C10H20O4. The summed E-state index contributed by atoms with van der Waals surface area (Å²) < 4.78 is 16.4. The lowest BCUT2D eigenvalue weighted by Gasteiger charge is -2.23. The van der Waals surface area contributed by atoms with Crippen molar-refractivity contribution in [2.75, 3.05) is 19.8 Å². The molecule has 1 aliphatic heterocycles. The lowest BCUT2D eigenvalue weighted by molar-refractivity contribution is -0.200. The summed E-state index contributed by atoms with van der Waals surface area (Å²) in [6.45, 7) is 5.19. The summed E-state index contributed by atoms with van der Waals surface area (Å²) in [6, 6.07) is 0. The van der Waals surface area contributed by atoms with Gasteiger partial charge in [0, 0.05) is 13.2 Å². The number of aliphatic hydroxyl groups is 1. The van der Waals surface area contributed by atoms with Crippen LogP contribution >= 0.6 is 0 Å². The van der Waals surface area contributed by atoms with E-state index in [1.165, 1.54) is 0 Å². The number of aliphatic hydroxyl groups excluding tert-OH is 1. The average Bonchev–Trinajstić information content (AvgIpc) is 2.65. The van der Waals surface area contributed by atoms with Gasteiger partial charge in [-0.3, -0.25) is 0 Å². The first-order valence-corrected chi connectivity index (χ1v) is 5.31. The van der Waals surface area contributed by atoms with Crippen LogP contribution in [0.3, 0.4) is 0 Å². The Morgan fingerprint density at radius 2 is 1.93 bits per heavy atom. The van der Waals surface area contributed by atoms with Gasteiger partial charge in [-0.2, -0.15) is 0 Å². The van der Waals surface area contributed by atoms with Gasteiger partial charge in [-0.1, -0.05) is 0 Å². The first kappa shape index (κ1) is 11.9. The summed E-state index contributed by atoms with van der Waals surface area (Å²) in [5.41, 5.74) is 0. The second kappa shape index (κ2) is 6.35. The molecule has 0 saturated carbocycles. The van der Waals surface area contributed by atoms with Crippen molar-refractivity contribution in [1.29, 1.82) is 0 Å². The maximum Gasteiger partial charge on any atom is 0.183 e. The standard InChI is InChI=1S/C10H20O4/c1-3-12-10(13-4-2)9-6-5-8(7-11)14-9/h8-11H,3-7H2,1-2H3. The van der Waals surface area contributed by atoms with Gasteiger partial charge < -0.3 is 19.3 Å². The van der Waals surface area contributed by atoms with Crippen LogP contribution < -0.4 is 0 Å². The van der Waals surface area contributed by atoms with Crippen molar-refractivity contribution >= 4 is 0 Å². The van der Waals surface area contributed by atoms with Crippen LogP contribution in [0.2, 0.25) is 0 Å². The van der Waals surface area contributed by atoms with Crippen LogP contribution in [-0.4, -0.2) is 43.4 Å². The van der Waals surface area contributed by atoms with Crippen LogP contribution in [0.1, 0.15) is 26.7 Å². The van der Waals surface area contributed by atoms with Gasteiger partial charge in [-0.25, -0.2) is 0 Å². The summed E-state index contributed by atoms with van der Waals surface area (Å²) in [6.07, 6.45) is 1.45. The maximum absolute atomic E-state index is 8.92. The molecule has 2 atom stereocenters. The van der Waals surface area contributed by atoms with Crippen molar-refractivity contribution in [2.24, 2.45) is 0 Å². The Morgan fingerprint density at radius 1 is 1.29 bits per heavy atom. The molecule has 4 nitrogen and oxygen atoms in total. The minimum atomic E-state index is -0.276. The normalized spacial score (nSPS) is 27.4. The van der Waals surface area contributed by atoms with Gasteiger partial charge >= 0.3 is 0 Å². The highest BCUT2D eigenvalue weighted by atomic mass is 16.7. The van der Waals surface area contributed by atoms with Gasteiger partial charge in [0.2, 0.25) is 0 Å². The van der Waals surface area contributed by atoms with Gasteiger partial charge in [0.15, 0.2) is 6.29 Å². The van der Waals surface area contributed by atoms with E-state index in [2.05, 4.69) is 0 Å². The molecule has 1 aliphatic rings. The SMILES string of the molecule is CCOC(OCC)C1CCC(CO)O1. The Labute approximate surface area is 85.2 Å². The van der Waals surface area contributed by atoms with Crippen molar-refractivity contribution in [1.82, 2.24) is 0 Å². The molecule has 84 valence electrons. The Kier molecular flexibility index (Phi) is 5.40. The fraction of sp³-hybridized carbons (Fsp3) is 1.00. The van der Waals surface area contributed by atoms with E-state index in [9.17, 15) is 0 Å². The van der Waals surface area contributed by atoms with Crippen LogP contribution in [0.5, 0.6) is 0 Å². The predicted molar refractivity (Wildman–Crippen MR) is 52.0 cm³/mol. The highest BCUT2D eigenvalue weighted by molar-refractivity contribution is 4.75. The van der Waals surface area contributed by atoms with Gasteiger partial charge in [0.25, 0.3) is 0 Å². The van der Waals surface area contributed by atoms with Crippen LogP contribution in [0.15, 0.2) is 0 Å². The highest BCUT2D eigenvalue weighted by Crippen LogP contribution is 2.23. The second-order valence-corrected chi connectivity index (χ2v) is 3.34. The molecule has 0 aromatic rings. The third-order valence-electron chi connectivity index (χ3n) is 2.31. The fourth-order valence-corrected chi connectivity index (χ4v) is 1.66. The van der Waals surface area contributed by atoms with E-state index in [-0.39, 0.29) is 25.1 Å². The quantitative estimate of drug-likeness (QED) is 0.654. The fourth-order valence-electron chi connectivity index (χ4n) is 1.66. The zero-order chi connectivity index (χ0) is 10.4. The Morgan fingerprint density at radius 3 is 2.36 bits per heavy atom. The average molecular weight is 204 g/mol. The lowest BCUT2D eigenvalue weighted by atomic mass is 10.2. The molecule has 0 spiro atoms. The lowest BCUT2D eigenvalue weighted by Crippen LogP contribution is -2.32. The van der Waals surface area contributed by atoms with Gasteiger partial charge in [-0.05, 0) is 26.7 Å². The minimum absolute atomic E-state index is 0.0212. The van der Waals surface area contributed by atoms with Gasteiger partial charge in [0.1, 0.15) is 6.10 Å². The molecular weight excluding hydrogens is 184 g/mol. The summed E-state index contributed by atoms with van der Waals surface area (Å²) in [7, 11) is 0. The van der Waals surface area contributed by atoms with Crippen molar-refractivity contribution in [2.45, 2.75) is 45.2 Å². The molecule has 1 rings (SSSR count). The van der Waals surface area contributed by atoms with Crippen molar-refractivity contribution in [3.63, 3.8) is 0 Å². The van der Waals surface area contributed by atoms with Crippen LogP contribution in [-0.2, 0) is 14.2 Å². The third-order valence-corrected chi connectivity index (χ3v) is 2.31. The molecule has 0 amide bonds. The van der Waals surface area contributed by atoms with E-state index in [1.54, 1.807) is 0 Å². The molecule has 14 heavy (non-hydrogen) atoms. The summed E-state index contributed by atoms with van der Waals surface area (Å²) >= 11 is 0. The Bertz CT molecular complexity index is 145. The monoisotopic (exact) mass is 204 g/mol. The van der Waals surface area contributed by atoms with E-state index in [1.807, 2.05) is 13.8 Å². The van der Waals surface area contributed by atoms with E-state index >= 15 is 0 Å². The molecule has 1 saturated heterocycles. The molecule has 0 aromatic heterocycles. The number of ether oxygens (including phenoxy) is 3. The molecule has 1 N–H and O–H groups in total. The molecule has 0 radical (unpaired) electrons. The molecule has 2 unspecified atom stereocenters. The summed E-state index contributed by atoms with van der Waals surface area (Å²) in [5.74, 6) is 0. The number of rotatable bonds is 6. The largest absolute Gasteiger partial charge is 0.394 e. The van der Waals surface area contributed by atoms with Crippen molar-refractivity contribution in [3.05, 3.63) is 0 Å². The van der Waals surface area contributed by atoms with Crippen LogP contribution in [0.4, 0.5) is 0 Å². The number of hydrogen-bond acceptors (Lipinski definition) is 4. The molecule has 4 heteroatoms. The molecule has 0 bridgehead atoms. The number of hydrogen-bond donors (Lipinski definition) is 1. The van der Waals surface area contributed by atoms with E-state index in [0.717, 1.165) is 12.8 Å². The first-order valence-electron chi connectivity index (χ1n) is 5.31. The van der Waals surface area contributed by atoms with Crippen molar-refractivity contribution in [3.8, 4) is 0 Å². The van der Waals surface area contributed by atoms with Crippen LogP contribution in [0.25, 0.3) is 0 Å². The van der Waals surface area contributed by atoms with E-state index in [4.69, 9.17) is 19.3 Å². The predicted octanol–water partition coefficient (Wildman–Crippen LogP) is 0.925. The topological polar surface area (TPSA) is 47.9 Å². The Balaban J connectivity index is 2.36. The van der Waals surface area contributed by atoms with Gasteiger partial charge in [0.05, 0.1) is 12.7 Å². The summed E-state index contributed by atoms with van der Waals surface area (Å²) in [4.78, 5) is 0. The zero-order valence-corrected chi connectivity index (χ0v) is 8.94. The van der Waals surface area contributed by atoms with E-state index < -0.39 is 0 Å².